The zero-order valence-corrected chi connectivity index (χ0v) is 18.0. The molecular formula is C24H35N3O2. The standard InChI is InChI=1S/C24H35N3O2/c1-3-18(4-2)22(28)26-16-10-20(11-17-26)27-21(19-8-14-25-15-9-19)24(23(27)29)12-6-5-7-13-24/h8-9,14-15,18,20-21H,3-7,10-13,16-17H2,1-2H3. The van der Waals surface area contributed by atoms with Gasteiger partial charge >= 0.3 is 0 Å². The molecule has 2 amide bonds. The second kappa shape index (κ2) is 8.45. The number of carbonyl (C=O) groups is 2. The Morgan fingerprint density at radius 1 is 1.10 bits per heavy atom. The van der Waals surface area contributed by atoms with Crippen LogP contribution >= 0.6 is 0 Å². The van der Waals surface area contributed by atoms with Crippen LogP contribution in [-0.2, 0) is 9.59 Å². The first-order chi connectivity index (χ1) is 14.1. The number of amides is 2. The average Bonchev–Trinajstić information content (AvgIpc) is 2.79. The van der Waals surface area contributed by atoms with Crippen LogP contribution < -0.4 is 0 Å². The lowest BCUT2D eigenvalue weighted by Crippen LogP contribution is -2.68. The monoisotopic (exact) mass is 397 g/mol. The Bertz CT molecular complexity index is 717. The van der Waals surface area contributed by atoms with Gasteiger partial charge < -0.3 is 9.80 Å². The summed E-state index contributed by atoms with van der Waals surface area (Å²) in [5.41, 5.74) is 1.04. The molecule has 5 heteroatoms. The van der Waals surface area contributed by atoms with Crippen LogP contribution in [0.2, 0.25) is 0 Å². The van der Waals surface area contributed by atoms with Crippen LogP contribution in [0.5, 0.6) is 0 Å². The minimum atomic E-state index is -0.192. The molecule has 3 aliphatic rings. The maximum Gasteiger partial charge on any atom is 0.232 e. The topological polar surface area (TPSA) is 53.5 Å². The lowest BCUT2D eigenvalue weighted by atomic mass is 9.59. The molecule has 1 spiro atoms. The Morgan fingerprint density at radius 3 is 2.31 bits per heavy atom. The summed E-state index contributed by atoms with van der Waals surface area (Å²) in [6.45, 7) is 5.75. The van der Waals surface area contributed by atoms with Crippen LogP contribution in [0.3, 0.4) is 0 Å². The number of hydrogen-bond donors (Lipinski definition) is 0. The van der Waals surface area contributed by atoms with E-state index in [0.717, 1.165) is 64.5 Å². The van der Waals surface area contributed by atoms with Gasteiger partial charge in [0.2, 0.25) is 11.8 Å². The maximum absolute atomic E-state index is 13.5. The van der Waals surface area contributed by atoms with Crippen molar-refractivity contribution in [1.29, 1.82) is 0 Å². The van der Waals surface area contributed by atoms with Gasteiger partial charge in [-0.3, -0.25) is 14.6 Å². The largest absolute Gasteiger partial charge is 0.342 e. The molecule has 1 saturated carbocycles. The van der Waals surface area contributed by atoms with Crippen LogP contribution in [-0.4, -0.2) is 45.7 Å². The fourth-order valence-corrected chi connectivity index (χ4v) is 6.02. The summed E-state index contributed by atoms with van der Waals surface area (Å²) in [7, 11) is 0. The van der Waals surface area contributed by atoms with Gasteiger partial charge in [-0.2, -0.15) is 0 Å². The minimum absolute atomic E-state index is 0.146. The molecule has 158 valence electrons. The van der Waals surface area contributed by atoms with E-state index in [2.05, 4.69) is 35.9 Å². The first kappa shape index (κ1) is 20.4. The van der Waals surface area contributed by atoms with E-state index < -0.39 is 0 Å². The summed E-state index contributed by atoms with van der Waals surface area (Å²) < 4.78 is 0. The highest BCUT2D eigenvalue weighted by Crippen LogP contribution is 2.59. The van der Waals surface area contributed by atoms with Crippen LogP contribution in [0.4, 0.5) is 0 Å². The van der Waals surface area contributed by atoms with Gasteiger partial charge in [0.15, 0.2) is 0 Å². The Hall–Kier alpha value is -1.91. The summed E-state index contributed by atoms with van der Waals surface area (Å²) in [6, 6.07) is 4.61. The van der Waals surface area contributed by atoms with Crippen molar-refractivity contribution in [2.24, 2.45) is 11.3 Å². The van der Waals surface area contributed by atoms with E-state index >= 15 is 0 Å². The fourth-order valence-electron chi connectivity index (χ4n) is 6.02. The Labute approximate surface area is 174 Å². The lowest BCUT2D eigenvalue weighted by molar-refractivity contribution is -0.187. The predicted molar refractivity (Wildman–Crippen MR) is 113 cm³/mol. The SMILES string of the molecule is CCC(CC)C(=O)N1CCC(N2C(=O)C3(CCCCC3)C2c2ccncc2)CC1. The number of piperidine rings is 1. The molecule has 1 aromatic heterocycles. The molecule has 1 atom stereocenters. The van der Waals surface area contributed by atoms with Crippen molar-refractivity contribution < 1.29 is 9.59 Å². The van der Waals surface area contributed by atoms with E-state index in [9.17, 15) is 9.59 Å². The number of likely N-dealkylation sites (tertiary alicyclic amines) is 2. The number of hydrogen-bond acceptors (Lipinski definition) is 3. The number of carbonyl (C=O) groups excluding carboxylic acids is 2. The number of β-lactam (4-membered cyclic amide) rings is 1. The summed E-state index contributed by atoms with van der Waals surface area (Å²) >= 11 is 0. The molecule has 0 aromatic carbocycles. The van der Waals surface area contributed by atoms with Gasteiger partial charge in [-0.05, 0) is 56.2 Å². The van der Waals surface area contributed by atoms with Crippen molar-refractivity contribution in [1.82, 2.24) is 14.8 Å². The first-order valence-electron chi connectivity index (χ1n) is 11.6. The average molecular weight is 398 g/mol. The molecule has 0 radical (unpaired) electrons. The zero-order valence-electron chi connectivity index (χ0n) is 18.0. The molecule has 3 heterocycles. The number of pyridine rings is 1. The van der Waals surface area contributed by atoms with Gasteiger partial charge in [-0.25, -0.2) is 0 Å². The molecule has 29 heavy (non-hydrogen) atoms. The molecule has 3 fully saturated rings. The van der Waals surface area contributed by atoms with E-state index in [-0.39, 0.29) is 23.4 Å². The number of aromatic nitrogens is 1. The van der Waals surface area contributed by atoms with Crippen molar-refractivity contribution in [2.45, 2.75) is 83.7 Å². The second-order valence-corrected chi connectivity index (χ2v) is 9.18. The molecule has 2 saturated heterocycles. The molecule has 2 aliphatic heterocycles. The smallest absolute Gasteiger partial charge is 0.232 e. The van der Waals surface area contributed by atoms with Gasteiger partial charge in [0.05, 0.1) is 11.5 Å². The van der Waals surface area contributed by atoms with Gasteiger partial charge in [0.1, 0.15) is 0 Å². The molecule has 1 unspecified atom stereocenters. The van der Waals surface area contributed by atoms with Crippen molar-refractivity contribution in [3.8, 4) is 0 Å². The normalized spacial score (nSPS) is 24.8. The third-order valence-corrected chi connectivity index (χ3v) is 7.73. The number of rotatable bonds is 5. The molecular weight excluding hydrogens is 362 g/mol. The third-order valence-electron chi connectivity index (χ3n) is 7.73. The van der Waals surface area contributed by atoms with Crippen molar-refractivity contribution >= 4 is 11.8 Å². The Balaban J connectivity index is 1.49. The highest BCUT2D eigenvalue weighted by Gasteiger charge is 2.62. The summed E-state index contributed by atoms with van der Waals surface area (Å²) in [6.07, 6.45) is 12.9. The van der Waals surface area contributed by atoms with Crippen molar-refractivity contribution in [3.63, 3.8) is 0 Å². The first-order valence-corrected chi connectivity index (χ1v) is 11.6. The van der Waals surface area contributed by atoms with Gasteiger partial charge in [-0.15, -0.1) is 0 Å². The van der Waals surface area contributed by atoms with E-state index in [4.69, 9.17) is 0 Å². The third kappa shape index (κ3) is 3.47. The number of nitrogens with zero attached hydrogens (tertiary/aromatic N) is 3. The quantitative estimate of drug-likeness (QED) is 0.695. The van der Waals surface area contributed by atoms with E-state index in [1.165, 1.54) is 12.0 Å². The van der Waals surface area contributed by atoms with Gasteiger partial charge in [0.25, 0.3) is 0 Å². The highest BCUT2D eigenvalue weighted by molar-refractivity contribution is 5.91. The minimum Gasteiger partial charge on any atom is -0.342 e. The van der Waals surface area contributed by atoms with E-state index in [1.54, 1.807) is 0 Å². The zero-order chi connectivity index (χ0) is 20.4. The molecule has 5 nitrogen and oxygen atoms in total. The molecule has 1 aliphatic carbocycles. The van der Waals surface area contributed by atoms with Crippen molar-refractivity contribution in [2.75, 3.05) is 13.1 Å². The summed E-state index contributed by atoms with van der Waals surface area (Å²) in [5, 5.41) is 0. The summed E-state index contributed by atoms with van der Waals surface area (Å²) in [4.78, 5) is 34.6. The summed E-state index contributed by atoms with van der Waals surface area (Å²) in [5.74, 6) is 0.814. The lowest BCUT2D eigenvalue weighted by Gasteiger charge is -2.61. The molecule has 4 rings (SSSR count). The van der Waals surface area contributed by atoms with Crippen LogP contribution in [0, 0.1) is 11.3 Å². The Morgan fingerprint density at radius 2 is 1.72 bits per heavy atom. The molecule has 1 aromatic rings. The molecule has 0 bridgehead atoms. The molecule has 0 N–H and O–H groups in total. The van der Waals surface area contributed by atoms with E-state index in [1.807, 2.05) is 17.3 Å². The highest BCUT2D eigenvalue weighted by atomic mass is 16.2. The van der Waals surface area contributed by atoms with Gasteiger partial charge in [-0.1, -0.05) is 33.1 Å². The van der Waals surface area contributed by atoms with Crippen LogP contribution in [0.15, 0.2) is 24.5 Å². The van der Waals surface area contributed by atoms with Crippen LogP contribution in [0.25, 0.3) is 0 Å². The fraction of sp³-hybridized carbons (Fsp3) is 0.708. The van der Waals surface area contributed by atoms with Crippen molar-refractivity contribution in [3.05, 3.63) is 30.1 Å². The maximum atomic E-state index is 13.5. The van der Waals surface area contributed by atoms with E-state index in [0.29, 0.717) is 11.8 Å². The Kier molecular flexibility index (Phi) is 5.93. The van der Waals surface area contributed by atoms with Crippen LogP contribution in [0.1, 0.15) is 83.2 Å². The predicted octanol–water partition coefficient (Wildman–Crippen LogP) is 4.34. The second-order valence-electron chi connectivity index (χ2n) is 9.18. The van der Waals surface area contributed by atoms with Gasteiger partial charge in [0, 0.05) is 37.4 Å².